The Labute approximate surface area is 92.8 Å². The van der Waals surface area contributed by atoms with Crippen LogP contribution in [0, 0.1) is 0 Å². The number of aliphatic hydroxyl groups excluding tert-OH is 1. The highest BCUT2D eigenvalue weighted by Crippen LogP contribution is 2.37. The van der Waals surface area contributed by atoms with Gasteiger partial charge in [0.1, 0.15) is 0 Å². The number of benzene rings is 1. The van der Waals surface area contributed by atoms with Gasteiger partial charge in [-0.1, -0.05) is 23.2 Å². The van der Waals surface area contributed by atoms with E-state index in [2.05, 4.69) is 5.32 Å². The first-order chi connectivity index (χ1) is 6.63. The topological polar surface area (TPSA) is 32.3 Å². The predicted octanol–water partition coefficient (Wildman–Crippen LogP) is 2.17. The van der Waals surface area contributed by atoms with Gasteiger partial charge in [-0.2, -0.15) is 0 Å². The van der Waals surface area contributed by atoms with Gasteiger partial charge >= 0.3 is 0 Å². The van der Waals surface area contributed by atoms with Crippen LogP contribution in [0.5, 0.6) is 0 Å². The van der Waals surface area contributed by atoms with Crippen molar-refractivity contribution in [1.82, 2.24) is 5.32 Å². The molecule has 0 radical (unpaired) electrons. The average Bonchev–Trinajstić information content (AvgIpc) is 2.41. The Kier molecular flexibility index (Phi) is 2.71. The van der Waals surface area contributed by atoms with Crippen LogP contribution in [0.25, 0.3) is 0 Å². The van der Waals surface area contributed by atoms with Crippen LogP contribution in [0.15, 0.2) is 12.1 Å². The molecule has 2 rings (SSSR count). The van der Waals surface area contributed by atoms with Crippen LogP contribution in [0.2, 0.25) is 10.0 Å². The summed E-state index contributed by atoms with van der Waals surface area (Å²) < 4.78 is 0. The first kappa shape index (κ1) is 10.2. The van der Waals surface area contributed by atoms with Crippen LogP contribution in [-0.4, -0.2) is 18.3 Å². The number of rotatable bonds is 1. The summed E-state index contributed by atoms with van der Waals surface area (Å²) in [6.45, 7) is 0. The Morgan fingerprint density at radius 3 is 2.79 bits per heavy atom. The molecule has 1 aliphatic carbocycles. The zero-order valence-corrected chi connectivity index (χ0v) is 9.23. The summed E-state index contributed by atoms with van der Waals surface area (Å²) >= 11 is 11.9. The predicted molar refractivity (Wildman–Crippen MR) is 58.0 cm³/mol. The van der Waals surface area contributed by atoms with Crippen LogP contribution < -0.4 is 5.32 Å². The summed E-state index contributed by atoms with van der Waals surface area (Å²) in [6.07, 6.45) is 0.183. The van der Waals surface area contributed by atoms with Crippen molar-refractivity contribution < 1.29 is 5.11 Å². The highest BCUT2D eigenvalue weighted by Gasteiger charge is 2.31. The van der Waals surface area contributed by atoms with E-state index >= 15 is 0 Å². The molecule has 0 unspecified atom stereocenters. The highest BCUT2D eigenvalue weighted by atomic mass is 35.5. The molecule has 0 fully saturated rings. The summed E-state index contributed by atoms with van der Waals surface area (Å²) in [5.74, 6) is 0. The Balaban J connectivity index is 2.53. The summed E-state index contributed by atoms with van der Waals surface area (Å²) in [7, 11) is 1.82. The molecule has 1 aromatic rings. The molecule has 0 saturated heterocycles. The average molecular weight is 232 g/mol. The van der Waals surface area contributed by atoms with Crippen molar-refractivity contribution in [3.05, 3.63) is 33.3 Å². The second-order valence-electron chi connectivity index (χ2n) is 3.49. The Morgan fingerprint density at radius 2 is 2.14 bits per heavy atom. The minimum absolute atomic E-state index is 0.0544. The molecule has 0 spiro atoms. The molecule has 2 N–H and O–H groups in total. The molecular weight excluding hydrogens is 221 g/mol. The minimum Gasteiger partial charge on any atom is -0.391 e. The molecule has 0 bridgehead atoms. The van der Waals surface area contributed by atoms with E-state index < -0.39 is 6.10 Å². The van der Waals surface area contributed by atoms with Crippen LogP contribution in [-0.2, 0) is 6.42 Å². The lowest BCUT2D eigenvalue weighted by Crippen LogP contribution is -2.25. The van der Waals surface area contributed by atoms with E-state index in [1.807, 2.05) is 13.1 Å². The lowest BCUT2D eigenvalue weighted by atomic mass is 10.1. The van der Waals surface area contributed by atoms with Gasteiger partial charge in [-0.05, 0) is 30.3 Å². The fourth-order valence-electron chi connectivity index (χ4n) is 2.00. The van der Waals surface area contributed by atoms with Gasteiger partial charge in [-0.15, -0.1) is 0 Å². The maximum Gasteiger partial charge on any atom is 0.0775 e. The number of aliphatic hydroxyl groups is 1. The summed E-state index contributed by atoms with van der Waals surface area (Å²) in [5.41, 5.74) is 2.01. The van der Waals surface area contributed by atoms with Gasteiger partial charge in [-0.25, -0.2) is 0 Å². The van der Waals surface area contributed by atoms with Gasteiger partial charge in [0.15, 0.2) is 0 Å². The molecule has 2 nitrogen and oxygen atoms in total. The molecule has 4 heteroatoms. The van der Waals surface area contributed by atoms with E-state index in [1.165, 1.54) is 0 Å². The zero-order valence-electron chi connectivity index (χ0n) is 7.72. The lowest BCUT2D eigenvalue weighted by Gasteiger charge is -2.14. The van der Waals surface area contributed by atoms with E-state index in [0.29, 0.717) is 16.5 Å². The van der Waals surface area contributed by atoms with Crippen molar-refractivity contribution in [2.75, 3.05) is 7.05 Å². The number of halogens is 2. The van der Waals surface area contributed by atoms with Crippen LogP contribution in [0.3, 0.4) is 0 Å². The normalized spacial score (nSPS) is 25.1. The quantitative estimate of drug-likeness (QED) is 0.777. The smallest absolute Gasteiger partial charge is 0.0775 e. The second kappa shape index (κ2) is 3.70. The monoisotopic (exact) mass is 231 g/mol. The van der Waals surface area contributed by atoms with Crippen LogP contribution >= 0.6 is 23.2 Å². The SMILES string of the molecule is CN[C@@H]1c2cc(Cl)cc(Cl)c2C[C@H]1O. The number of likely N-dealkylation sites (N-methyl/N-ethyl adjacent to an activating group) is 1. The number of fused-ring (bicyclic) bond motifs is 1. The molecule has 0 aliphatic heterocycles. The molecular formula is C10H11Cl2NO. The molecule has 2 atom stereocenters. The van der Waals surface area contributed by atoms with E-state index in [9.17, 15) is 5.11 Å². The first-order valence-corrected chi connectivity index (χ1v) is 5.22. The summed E-state index contributed by atoms with van der Waals surface area (Å²) in [5, 5.41) is 14.1. The van der Waals surface area contributed by atoms with Crippen molar-refractivity contribution in [2.24, 2.45) is 0 Å². The number of hydrogen-bond acceptors (Lipinski definition) is 2. The zero-order chi connectivity index (χ0) is 10.3. The third-order valence-corrected chi connectivity index (χ3v) is 3.19. The van der Waals surface area contributed by atoms with Crippen molar-refractivity contribution in [3.8, 4) is 0 Å². The molecule has 1 aliphatic rings. The van der Waals surface area contributed by atoms with Gasteiger partial charge in [0.25, 0.3) is 0 Å². The van der Waals surface area contributed by atoms with Crippen LogP contribution in [0.4, 0.5) is 0 Å². The van der Waals surface area contributed by atoms with Gasteiger partial charge in [0.2, 0.25) is 0 Å². The number of hydrogen-bond donors (Lipinski definition) is 2. The third-order valence-electron chi connectivity index (χ3n) is 2.64. The largest absolute Gasteiger partial charge is 0.391 e. The van der Waals surface area contributed by atoms with Gasteiger partial charge < -0.3 is 10.4 Å². The number of nitrogens with one attached hydrogen (secondary N) is 1. The lowest BCUT2D eigenvalue weighted by molar-refractivity contribution is 0.145. The van der Waals surface area contributed by atoms with Crippen molar-refractivity contribution >= 4 is 23.2 Å². The Hall–Kier alpha value is -0.280. The standard InChI is InChI=1S/C10H11Cl2NO/c1-13-10-7-2-5(11)3-8(12)6(7)4-9(10)14/h2-3,9-10,13-14H,4H2,1H3/t9-,10-/m1/s1. The van der Waals surface area contributed by atoms with E-state index in [-0.39, 0.29) is 6.04 Å². The fraction of sp³-hybridized carbons (Fsp3) is 0.400. The van der Waals surface area contributed by atoms with E-state index in [0.717, 1.165) is 11.1 Å². The molecule has 76 valence electrons. The summed E-state index contributed by atoms with van der Waals surface area (Å²) in [6, 6.07) is 3.52. The second-order valence-corrected chi connectivity index (χ2v) is 4.34. The van der Waals surface area contributed by atoms with E-state index in [1.54, 1.807) is 6.07 Å². The van der Waals surface area contributed by atoms with Gasteiger partial charge in [0.05, 0.1) is 12.1 Å². The molecule has 14 heavy (non-hydrogen) atoms. The van der Waals surface area contributed by atoms with Crippen molar-refractivity contribution in [1.29, 1.82) is 0 Å². The molecule has 1 aromatic carbocycles. The summed E-state index contributed by atoms with van der Waals surface area (Å²) in [4.78, 5) is 0. The van der Waals surface area contributed by atoms with Crippen molar-refractivity contribution in [2.45, 2.75) is 18.6 Å². The minimum atomic E-state index is -0.411. The molecule has 0 amide bonds. The molecule has 0 saturated carbocycles. The maximum atomic E-state index is 9.76. The maximum absolute atomic E-state index is 9.76. The van der Waals surface area contributed by atoms with Gasteiger partial charge in [-0.3, -0.25) is 0 Å². The third kappa shape index (κ3) is 1.52. The molecule has 0 aromatic heterocycles. The fourth-order valence-corrected chi connectivity index (χ4v) is 2.58. The van der Waals surface area contributed by atoms with Gasteiger partial charge in [0, 0.05) is 16.5 Å². The highest BCUT2D eigenvalue weighted by molar-refractivity contribution is 6.35. The van der Waals surface area contributed by atoms with Crippen LogP contribution in [0.1, 0.15) is 17.2 Å². The van der Waals surface area contributed by atoms with E-state index in [4.69, 9.17) is 23.2 Å². The Bertz CT molecular complexity index is 367. The Morgan fingerprint density at radius 1 is 1.43 bits per heavy atom. The molecule has 0 heterocycles. The van der Waals surface area contributed by atoms with Crippen molar-refractivity contribution in [3.63, 3.8) is 0 Å². The first-order valence-electron chi connectivity index (χ1n) is 4.46.